The van der Waals surface area contributed by atoms with Gasteiger partial charge in [0.15, 0.2) is 44.5 Å². The van der Waals surface area contributed by atoms with E-state index in [2.05, 4.69) is 0 Å². The van der Waals surface area contributed by atoms with E-state index in [9.17, 15) is 37.5 Å². The van der Waals surface area contributed by atoms with Gasteiger partial charge >= 0.3 is 0 Å². The van der Waals surface area contributed by atoms with Crippen molar-refractivity contribution in [3.05, 3.63) is 84.4 Å². The molecule has 4 aliphatic rings. The largest absolute Gasteiger partial charge is 0.504 e. The minimum Gasteiger partial charge on any atom is -0.504 e. The second-order valence-electron chi connectivity index (χ2n) is 12.1. The number of thiophene rings is 1. The first-order valence-electron chi connectivity index (χ1n) is 14.5. The third kappa shape index (κ3) is 4.50. The summed E-state index contributed by atoms with van der Waals surface area (Å²) in [4.78, 5) is 52.6. The summed E-state index contributed by atoms with van der Waals surface area (Å²) in [5.74, 6) is -21.4. The van der Waals surface area contributed by atoms with Crippen LogP contribution in [0, 0.1) is 50.4 Å². The molecule has 3 fully saturated rings. The lowest BCUT2D eigenvalue weighted by Gasteiger charge is -2.50. The molecule has 7 rings (SSSR count). The first kappa shape index (κ1) is 34.2. The Morgan fingerprint density at radius 3 is 2.24 bits per heavy atom. The zero-order valence-corrected chi connectivity index (χ0v) is 29.2. The van der Waals surface area contributed by atoms with Gasteiger partial charge in [-0.3, -0.25) is 24.1 Å². The second kappa shape index (κ2) is 11.6. The van der Waals surface area contributed by atoms with E-state index in [1.807, 2.05) is 0 Å². The molecule has 2 aliphatic heterocycles. The molecule has 0 bridgehead atoms. The van der Waals surface area contributed by atoms with E-state index in [-0.39, 0.29) is 44.1 Å². The van der Waals surface area contributed by atoms with Gasteiger partial charge in [0.1, 0.15) is 5.69 Å². The number of phenolic OH excluding ortho intramolecular Hbond substituents is 1. The number of anilines is 1. The van der Waals surface area contributed by atoms with E-state index in [1.165, 1.54) is 30.6 Å². The number of rotatable bonds is 5. The van der Waals surface area contributed by atoms with E-state index < -0.39 is 98.2 Å². The Morgan fingerprint density at radius 1 is 0.980 bits per heavy atom. The van der Waals surface area contributed by atoms with Crippen LogP contribution in [0.2, 0.25) is 0 Å². The van der Waals surface area contributed by atoms with Crippen LogP contribution in [0.4, 0.5) is 27.6 Å². The monoisotopic (exact) mass is 852 g/mol. The lowest BCUT2D eigenvalue weighted by atomic mass is 9.56. The normalized spacial score (nSPS) is 29.3. The summed E-state index contributed by atoms with van der Waals surface area (Å²) < 4.78 is 78.8. The summed E-state index contributed by atoms with van der Waals surface area (Å²) in [6.45, 7) is -0.0158. The van der Waals surface area contributed by atoms with Gasteiger partial charge < -0.3 is 9.84 Å². The molecule has 3 heterocycles. The smallest absolute Gasteiger partial charge is 0.258 e. The van der Waals surface area contributed by atoms with E-state index in [0.29, 0.717) is 0 Å². The van der Waals surface area contributed by atoms with Crippen LogP contribution in [-0.4, -0.2) is 50.5 Å². The number of methoxy groups -OCH3 is 1. The Labute approximate surface area is 301 Å². The summed E-state index contributed by atoms with van der Waals surface area (Å²) in [6, 6.07) is 6.19. The molecule has 2 saturated heterocycles. The predicted octanol–water partition coefficient (Wildman–Crippen LogP) is 6.53. The van der Waals surface area contributed by atoms with E-state index in [4.69, 9.17) is 27.9 Å². The van der Waals surface area contributed by atoms with E-state index in [1.54, 1.807) is 46.2 Å². The fraction of sp³-hybridized carbons (Fsp3) is 0.312. The predicted molar refractivity (Wildman–Crippen MR) is 174 cm³/mol. The summed E-state index contributed by atoms with van der Waals surface area (Å²) in [5.41, 5.74) is -1.46. The average molecular weight is 853 g/mol. The lowest BCUT2D eigenvalue weighted by molar-refractivity contribution is -0.141. The highest BCUT2D eigenvalue weighted by Crippen LogP contribution is 2.66. The molecule has 0 spiro atoms. The van der Waals surface area contributed by atoms with Crippen molar-refractivity contribution in [1.82, 2.24) is 4.90 Å². The highest BCUT2D eigenvalue weighted by Gasteiger charge is 2.77. The van der Waals surface area contributed by atoms with Crippen molar-refractivity contribution in [2.75, 3.05) is 12.0 Å². The number of imide groups is 2. The Morgan fingerprint density at radius 2 is 1.63 bits per heavy atom. The lowest BCUT2D eigenvalue weighted by Crippen LogP contribution is -2.60. The molecule has 6 unspecified atom stereocenters. The maximum Gasteiger partial charge on any atom is 0.258 e. The Balaban J connectivity index is 1.44. The average Bonchev–Trinajstić information content (AvgIpc) is 3.72. The van der Waals surface area contributed by atoms with Gasteiger partial charge in [0.2, 0.25) is 17.6 Å². The molecule has 8 nitrogen and oxygen atoms in total. The molecule has 2 aromatic carbocycles. The number of nitrogens with zero attached hydrogens (tertiary/aromatic N) is 2. The van der Waals surface area contributed by atoms with Crippen LogP contribution in [0.15, 0.2) is 41.3 Å². The Kier molecular flexibility index (Phi) is 8.12. The first-order valence-corrected chi connectivity index (χ1v) is 17.2. The molecule has 6 atom stereocenters. The molecule has 3 aromatic rings. The van der Waals surface area contributed by atoms with Gasteiger partial charge in [0.25, 0.3) is 11.8 Å². The van der Waals surface area contributed by atoms with Crippen LogP contribution in [0.25, 0.3) is 0 Å². The molecule has 1 aromatic heterocycles. The van der Waals surface area contributed by atoms with Crippen LogP contribution < -0.4 is 9.64 Å². The number of hydrogen-bond donors (Lipinski definition) is 1. The number of allylic oxidation sites excluding steroid dienone is 2. The van der Waals surface area contributed by atoms with Gasteiger partial charge in [0, 0.05) is 10.8 Å². The standard InChI is InChI=1S/C32H20Cl2F5IN2O6S/c1-48-17-8-11(7-16(40)26(17)43)19-13-4-5-14-18(28(45)41(27(14)44)10-12-3-2-6-49-12)15(13)9-31(33)29(46)42(30(47)32(19,31)34)25-23(38)21(36)20(35)22(37)24(25)39/h2-4,6-8,14-15,18-19,43H,5,9-10H2,1H3. The topological polar surface area (TPSA) is 104 Å². The second-order valence-corrected chi connectivity index (χ2v) is 15.5. The molecule has 4 amide bonds. The molecular weight excluding hydrogens is 833 g/mol. The van der Waals surface area contributed by atoms with Gasteiger partial charge in [-0.25, -0.2) is 26.9 Å². The quantitative estimate of drug-likeness (QED) is 0.0597. The van der Waals surface area contributed by atoms with Gasteiger partial charge in [-0.2, -0.15) is 0 Å². The van der Waals surface area contributed by atoms with Crippen LogP contribution in [-0.2, 0) is 25.7 Å². The number of amides is 4. The van der Waals surface area contributed by atoms with Crippen molar-refractivity contribution in [1.29, 1.82) is 0 Å². The Hall–Kier alpha value is -3.28. The fourth-order valence-electron chi connectivity index (χ4n) is 7.64. The maximum atomic E-state index is 15.2. The van der Waals surface area contributed by atoms with Gasteiger partial charge in [-0.05, 0) is 70.5 Å². The first-order chi connectivity index (χ1) is 23.1. The number of carbonyl (C=O) groups excluding carboxylic acids is 4. The highest BCUT2D eigenvalue weighted by atomic mass is 127. The molecule has 49 heavy (non-hydrogen) atoms. The summed E-state index contributed by atoms with van der Waals surface area (Å²) in [5, 5.41) is 12.4. The zero-order chi connectivity index (χ0) is 35.5. The van der Waals surface area contributed by atoms with Crippen LogP contribution in [0.3, 0.4) is 0 Å². The van der Waals surface area contributed by atoms with Crippen molar-refractivity contribution in [3.8, 4) is 11.5 Å². The molecule has 1 saturated carbocycles. The van der Waals surface area contributed by atoms with Crippen molar-refractivity contribution in [2.45, 2.75) is 35.1 Å². The van der Waals surface area contributed by atoms with Crippen LogP contribution in [0.5, 0.6) is 11.5 Å². The van der Waals surface area contributed by atoms with Crippen molar-refractivity contribution in [3.63, 3.8) is 0 Å². The number of fused-ring (bicyclic) bond motifs is 4. The van der Waals surface area contributed by atoms with Crippen molar-refractivity contribution < 1.29 is 51.0 Å². The number of hydrogen-bond acceptors (Lipinski definition) is 7. The SMILES string of the molecule is COc1cc(C2C3=CCC4C(=O)N(Cc5cccs5)C(=O)C4C3CC3(Cl)C(=O)N(c4c(F)c(F)c(F)c(F)c4F)C(=O)C23Cl)cc(I)c1O. The van der Waals surface area contributed by atoms with Crippen molar-refractivity contribution >= 4 is 86.4 Å². The fourth-order valence-corrected chi connectivity index (χ4v) is 9.89. The Bertz CT molecular complexity index is 2020. The number of carbonyl (C=O) groups is 4. The molecule has 17 heteroatoms. The number of halogens is 8. The number of alkyl halides is 2. The molecule has 1 N–H and O–H groups in total. The number of aromatic hydroxyl groups is 1. The minimum atomic E-state index is -2.69. The molecule has 2 aliphatic carbocycles. The zero-order valence-electron chi connectivity index (χ0n) is 24.7. The molecular formula is C32H20Cl2F5IN2O6S. The summed E-state index contributed by atoms with van der Waals surface area (Å²) in [7, 11) is 1.24. The maximum absolute atomic E-state index is 15.2. The number of phenols is 1. The van der Waals surface area contributed by atoms with Gasteiger partial charge in [-0.1, -0.05) is 17.7 Å². The third-order valence-corrected chi connectivity index (χ3v) is 12.9. The molecule has 256 valence electrons. The third-order valence-electron chi connectivity index (χ3n) is 9.81. The van der Waals surface area contributed by atoms with Gasteiger partial charge in [-0.15, -0.1) is 34.5 Å². The summed E-state index contributed by atoms with van der Waals surface area (Å²) in [6.07, 6.45) is 0.995. The van der Waals surface area contributed by atoms with Crippen LogP contribution in [0.1, 0.15) is 29.2 Å². The molecule has 0 radical (unpaired) electrons. The van der Waals surface area contributed by atoms with Crippen molar-refractivity contribution in [2.24, 2.45) is 17.8 Å². The van der Waals surface area contributed by atoms with Crippen LogP contribution >= 0.6 is 57.1 Å². The number of likely N-dealkylation sites (tertiary alicyclic amines) is 1. The van der Waals surface area contributed by atoms with E-state index in [0.717, 1.165) is 9.78 Å². The number of ether oxygens (including phenoxy) is 1. The van der Waals surface area contributed by atoms with E-state index >= 15 is 8.78 Å². The van der Waals surface area contributed by atoms with Gasteiger partial charge in [0.05, 0.1) is 29.1 Å². The minimum absolute atomic E-state index is 0.0105. The summed E-state index contributed by atoms with van der Waals surface area (Å²) >= 11 is 17.4. The number of benzene rings is 2. The highest BCUT2D eigenvalue weighted by molar-refractivity contribution is 14.1.